The molecule has 2 aromatic carbocycles. The lowest BCUT2D eigenvalue weighted by atomic mass is 10.1. The zero-order valence-corrected chi connectivity index (χ0v) is 15.6. The van der Waals surface area contributed by atoms with Gasteiger partial charge >= 0.3 is 0 Å². The van der Waals surface area contributed by atoms with Crippen LogP contribution < -0.4 is 5.32 Å². The van der Waals surface area contributed by atoms with E-state index in [0.29, 0.717) is 17.9 Å². The molecular formula is C19H21BrClNO. The van der Waals surface area contributed by atoms with Crippen molar-refractivity contribution in [1.29, 1.82) is 0 Å². The van der Waals surface area contributed by atoms with E-state index in [1.807, 2.05) is 30.3 Å². The van der Waals surface area contributed by atoms with E-state index in [0.717, 1.165) is 22.1 Å². The lowest BCUT2D eigenvalue weighted by molar-refractivity contribution is -0.116. The van der Waals surface area contributed by atoms with E-state index in [4.69, 9.17) is 11.6 Å². The van der Waals surface area contributed by atoms with E-state index in [2.05, 4.69) is 40.3 Å². The highest BCUT2D eigenvalue weighted by Crippen LogP contribution is 2.24. The number of anilines is 1. The van der Waals surface area contributed by atoms with Crippen molar-refractivity contribution in [2.75, 3.05) is 5.32 Å². The molecule has 4 heteroatoms. The van der Waals surface area contributed by atoms with Crippen LogP contribution in [0.4, 0.5) is 5.69 Å². The van der Waals surface area contributed by atoms with E-state index in [1.54, 1.807) is 0 Å². The van der Waals surface area contributed by atoms with Crippen molar-refractivity contribution in [3.05, 3.63) is 63.1 Å². The van der Waals surface area contributed by atoms with Crippen molar-refractivity contribution in [2.45, 2.75) is 39.0 Å². The van der Waals surface area contributed by atoms with Crippen LogP contribution in [0.5, 0.6) is 0 Å². The largest absolute Gasteiger partial charge is 0.325 e. The quantitative estimate of drug-likeness (QED) is 0.611. The molecule has 0 aliphatic rings. The summed E-state index contributed by atoms with van der Waals surface area (Å²) < 4.78 is 0.936. The van der Waals surface area contributed by atoms with Gasteiger partial charge < -0.3 is 5.32 Å². The van der Waals surface area contributed by atoms with Gasteiger partial charge in [-0.2, -0.15) is 0 Å². The fourth-order valence-corrected chi connectivity index (χ4v) is 2.97. The second kappa shape index (κ2) is 9.09. The second-order valence-electron chi connectivity index (χ2n) is 5.59. The minimum atomic E-state index is 0.0157. The van der Waals surface area contributed by atoms with Crippen LogP contribution in [-0.4, -0.2) is 5.91 Å². The maximum Gasteiger partial charge on any atom is 0.224 e. The monoisotopic (exact) mass is 393 g/mol. The average Bonchev–Trinajstić information content (AvgIpc) is 2.54. The number of aryl methyl sites for hydroxylation is 2. The Kier molecular flexibility index (Phi) is 7.13. The van der Waals surface area contributed by atoms with Gasteiger partial charge in [0.05, 0.1) is 5.69 Å². The summed E-state index contributed by atoms with van der Waals surface area (Å²) in [6.07, 6.45) is 4.58. The predicted molar refractivity (Wildman–Crippen MR) is 101 cm³/mol. The first-order valence-electron chi connectivity index (χ1n) is 7.91. The Balaban J connectivity index is 1.88. The van der Waals surface area contributed by atoms with Crippen LogP contribution in [0.25, 0.3) is 0 Å². The first kappa shape index (κ1) is 18.0. The Labute approximate surface area is 151 Å². The molecule has 0 saturated carbocycles. The van der Waals surface area contributed by atoms with Gasteiger partial charge in [-0.05, 0) is 70.6 Å². The molecule has 0 atom stereocenters. The summed E-state index contributed by atoms with van der Waals surface area (Å²) in [6, 6.07) is 13.7. The third-order valence-electron chi connectivity index (χ3n) is 3.68. The highest BCUT2D eigenvalue weighted by molar-refractivity contribution is 9.10. The first-order valence-corrected chi connectivity index (χ1v) is 9.08. The van der Waals surface area contributed by atoms with Gasteiger partial charge in [0.2, 0.25) is 5.91 Å². The fourth-order valence-electron chi connectivity index (χ4n) is 2.32. The summed E-state index contributed by atoms with van der Waals surface area (Å²) in [5.74, 6) is 0.0157. The SMILES string of the molecule is CCCCc1ccc(NC(=O)CCc2ccc(Cl)cc2)c(Br)c1. The Morgan fingerprint density at radius 3 is 2.43 bits per heavy atom. The lowest BCUT2D eigenvalue weighted by Crippen LogP contribution is -2.12. The molecule has 2 aromatic rings. The number of unbranched alkanes of at least 4 members (excludes halogenated alkanes) is 1. The number of halogens is 2. The smallest absolute Gasteiger partial charge is 0.224 e. The van der Waals surface area contributed by atoms with Gasteiger partial charge in [-0.1, -0.05) is 43.1 Å². The third kappa shape index (κ3) is 6.00. The van der Waals surface area contributed by atoms with Crippen LogP contribution in [0.3, 0.4) is 0 Å². The Morgan fingerprint density at radius 2 is 1.78 bits per heavy atom. The Hall–Kier alpha value is -1.32. The topological polar surface area (TPSA) is 29.1 Å². The molecule has 0 bridgehead atoms. The van der Waals surface area contributed by atoms with Gasteiger partial charge in [-0.15, -0.1) is 0 Å². The molecule has 2 rings (SSSR count). The molecule has 122 valence electrons. The molecule has 0 aliphatic carbocycles. The van der Waals surface area contributed by atoms with E-state index in [9.17, 15) is 4.79 Å². The van der Waals surface area contributed by atoms with Gasteiger partial charge in [-0.25, -0.2) is 0 Å². The highest BCUT2D eigenvalue weighted by Gasteiger charge is 2.07. The molecule has 0 spiro atoms. The van der Waals surface area contributed by atoms with Crippen molar-refractivity contribution in [1.82, 2.24) is 0 Å². The minimum absolute atomic E-state index is 0.0157. The van der Waals surface area contributed by atoms with Crippen LogP contribution in [0, 0.1) is 0 Å². The number of nitrogens with one attached hydrogen (secondary N) is 1. The summed E-state index contributed by atoms with van der Waals surface area (Å²) in [5.41, 5.74) is 3.22. The molecule has 0 aliphatic heterocycles. The maximum absolute atomic E-state index is 12.1. The number of amides is 1. The fraction of sp³-hybridized carbons (Fsp3) is 0.316. The van der Waals surface area contributed by atoms with Crippen LogP contribution in [0.2, 0.25) is 5.02 Å². The number of hydrogen-bond acceptors (Lipinski definition) is 1. The van der Waals surface area contributed by atoms with Gasteiger partial charge in [0.25, 0.3) is 0 Å². The molecule has 0 fully saturated rings. The van der Waals surface area contributed by atoms with E-state index >= 15 is 0 Å². The number of hydrogen-bond donors (Lipinski definition) is 1. The molecule has 23 heavy (non-hydrogen) atoms. The molecule has 0 heterocycles. The second-order valence-corrected chi connectivity index (χ2v) is 6.88. The molecule has 0 aromatic heterocycles. The Bertz CT molecular complexity index is 655. The van der Waals surface area contributed by atoms with Crippen molar-refractivity contribution in [3.63, 3.8) is 0 Å². The minimum Gasteiger partial charge on any atom is -0.325 e. The van der Waals surface area contributed by atoms with E-state index in [1.165, 1.54) is 18.4 Å². The highest BCUT2D eigenvalue weighted by atomic mass is 79.9. The zero-order chi connectivity index (χ0) is 16.7. The number of carbonyl (C=O) groups excluding carboxylic acids is 1. The van der Waals surface area contributed by atoms with E-state index in [-0.39, 0.29) is 5.91 Å². The first-order chi connectivity index (χ1) is 11.1. The summed E-state index contributed by atoms with van der Waals surface area (Å²) in [7, 11) is 0. The molecular weight excluding hydrogens is 374 g/mol. The molecule has 0 saturated heterocycles. The molecule has 1 amide bonds. The van der Waals surface area contributed by atoms with Crippen molar-refractivity contribution in [2.24, 2.45) is 0 Å². The van der Waals surface area contributed by atoms with Gasteiger partial charge in [0.15, 0.2) is 0 Å². The van der Waals surface area contributed by atoms with Crippen LogP contribution >= 0.6 is 27.5 Å². The number of rotatable bonds is 7. The van der Waals surface area contributed by atoms with E-state index < -0.39 is 0 Å². The van der Waals surface area contributed by atoms with Crippen molar-refractivity contribution >= 4 is 39.1 Å². The predicted octanol–water partition coefficient (Wildman–Crippen LogP) is 6.02. The van der Waals surface area contributed by atoms with Crippen LogP contribution in [-0.2, 0) is 17.6 Å². The molecule has 1 N–H and O–H groups in total. The van der Waals surface area contributed by atoms with Crippen LogP contribution in [0.15, 0.2) is 46.9 Å². The number of carbonyl (C=O) groups is 1. The summed E-state index contributed by atoms with van der Waals surface area (Å²) in [5, 5.41) is 3.68. The normalized spacial score (nSPS) is 10.6. The zero-order valence-electron chi connectivity index (χ0n) is 13.2. The number of benzene rings is 2. The lowest BCUT2D eigenvalue weighted by Gasteiger charge is -2.09. The standard InChI is InChI=1S/C19H21BrClNO/c1-2-3-4-15-7-11-18(17(20)13-15)22-19(23)12-8-14-5-9-16(21)10-6-14/h5-7,9-11,13H,2-4,8,12H2,1H3,(H,22,23). The van der Waals surface area contributed by atoms with Crippen molar-refractivity contribution < 1.29 is 4.79 Å². The summed E-state index contributed by atoms with van der Waals surface area (Å²) in [6.45, 7) is 2.18. The average molecular weight is 395 g/mol. The van der Waals surface area contributed by atoms with Crippen molar-refractivity contribution in [3.8, 4) is 0 Å². The maximum atomic E-state index is 12.1. The van der Waals surface area contributed by atoms with Crippen LogP contribution in [0.1, 0.15) is 37.3 Å². The Morgan fingerprint density at radius 1 is 1.09 bits per heavy atom. The summed E-state index contributed by atoms with van der Waals surface area (Å²) >= 11 is 9.40. The van der Waals surface area contributed by atoms with Gasteiger partial charge in [0, 0.05) is 15.9 Å². The van der Waals surface area contributed by atoms with Gasteiger partial charge in [-0.3, -0.25) is 4.79 Å². The van der Waals surface area contributed by atoms with Gasteiger partial charge in [0.1, 0.15) is 0 Å². The molecule has 2 nitrogen and oxygen atoms in total. The summed E-state index contributed by atoms with van der Waals surface area (Å²) in [4.78, 5) is 12.1. The third-order valence-corrected chi connectivity index (χ3v) is 4.59. The molecule has 0 radical (unpaired) electrons. The molecule has 0 unspecified atom stereocenters.